The second-order valence-corrected chi connectivity index (χ2v) is 8.51. The highest BCUT2D eigenvalue weighted by molar-refractivity contribution is 5.85. The molecule has 7 nitrogen and oxygen atoms in total. The molecule has 1 saturated heterocycles. The zero-order valence-electron chi connectivity index (χ0n) is 17.5. The predicted molar refractivity (Wildman–Crippen MR) is 111 cm³/mol. The number of halogens is 2. The Balaban J connectivity index is 1.37. The average Bonchev–Trinajstić information content (AvgIpc) is 3.38. The Bertz CT molecular complexity index is 1310. The van der Waals surface area contributed by atoms with Gasteiger partial charge in [0.1, 0.15) is 23.2 Å². The van der Waals surface area contributed by atoms with Crippen LogP contribution in [0, 0.1) is 18.6 Å². The van der Waals surface area contributed by atoms with Crippen molar-refractivity contribution in [2.75, 3.05) is 6.61 Å². The quantitative estimate of drug-likeness (QED) is 0.445. The molecule has 2 fully saturated rings. The summed E-state index contributed by atoms with van der Waals surface area (Å²) in [6.07, 6.45) is 7.59. The molecule has 6 rings (SSSR count). The summed E-state index contributed by atoms with van der Waals surface area (Å²) in [7, 11) is 0. The fourth-order valence-electron chi connectivity index (χ4n) is 4.31. The van der Waals surface area contributed by atoms with Gasteiger partial charge in [0, 0.05) is 42.8 Å². The number of benzene rings is 1. The number of hydrogen-bond acceptors (Lipinski definition) is 6. The van der Waals surface area contributed by atoms with Crippen molar-refractivity contribution in [1.82, 2.24) is 24.7 Å². The lowest BCUT2D eigenvalue weighted by atomic mass is 9.92. The standard InChI is InChI=1S/C23H21F2N5O2/c1-12-27-23-21(32-12)20(17-5-2-15(24)9-18(17)25)28-22(29-23)13-6-7-31-19(8-13)14-10-26-30(11-14)16-3-4-16/h2,5,9-11,13,16,19H,3-4,6-8H2,1H3/t13-,19-/m1/s1. The maximum Gasteiger partial charge on any atom is 0.202 e. The van der Waals surface area contributed by atoms with Crippen molar-refractivity contribution < 1.29 is 17.9 Å². The summed E-state index contributed by atoms with van der Waals surface area (Å²) in [5.41, 5.74) is 2.16. The number of ether oxygens (including phenoxy) is 1. The Labute approximate surface area is 182 Å². The van der Waals surface area contributed by atoms with Gasteiger partial charge in [-0.3, -0.25) is 4.68 Å². The highest BCUT2D eigenvalue weighted by Gasteiger charge is 2.31. The van der Waals surface area contributed by atoms with Gasteiger partial charge in [-0.1, -0.05) is 0 Å². The van der Waals surface area contributed by atoms with E-state index in [1.54, 1.807) is 6.92 Å². The van der Waals surface area contributed by atoms with Gasteiger partial charge in [-0.2, -0.15) is 10.1 Å². The minimum absolute atomic E-state index is 0.00157. The monoisotopic (exact) mass is 437 g/mol. The molecular formula is C23H21F2N5O2. The number of hydrogen-bond donors (Lipinski definition) is 0. The molecule has 2 atom stereocenters. The molecule has 1 aliphatic carbocycles. The number of oxazole rings is 1. The van der Waals surface area contributed by atoms with E-state index in [0.717, 1.165) is 18.1 Å². The first-order chi connectivity index (χ1) is 15.5. The summed E-state index contributed by atoms with van der Waals surface area (Å²) in [5, 5.41) is 4.48. The maximum atomic E-state index is 14.6. The van der Waals surface area contributed by atoms with Gasteiger partial charge in [0.05, 0.1) is 18.3 Å². The molecule has 9 heteroatoms. The fraction of sp³-hybridized carbons (Fsp3) is 0.391. The summed E-state index contributed by atoms with van der Waals surface area (Å²) < 4.78 is 41.8. The van der Waals surface area contributed by atoms with Crippen LogP contribution in [-0.2, 0) is 4.74 Å². The lowest BCUT2D eigenvalue weighted by Gasteiger charge is -2.28. The summed E-state index contributed by atoms with van der Waals surface area (Å²) in [5.74, 6) is -0.381. The molecule has 0 bridgehead atoms. The van der Waals surface area contributed by atoms with E-state index in [1.165, 1.54) is 25.0 Å². The van der Waals surface area contributed by atoms with Crippen LogP contribution in [0.25, 0.3) is 22.5 Å². The average molecular weight is 437 g/mol. The molecule has 1 saturated carbocycles. The maximum absolute atomic E-state index is 14.6. The molecule has 164 valence electrons. The number of aromatic nitrogens is 5. The summed E-state index contributed by atoms with van der Waals surface area (Å²) in [6, 6.07) is 3.93. The number of aryl methyl sites for hydroxylation is 1. The van der Waals surface area contributed by atoms with Gasteiger partial charge in [-0.15, -0.1) is 0 Å². The molecule has 3 aromatic heterocycles. The van der Waals surface area contributed by atoms with Crippen molar-refractivity contribution in [2.45, 2.75) is 50.7 Å². The van der Waals surface area contributed by atoms with Gasteiger partial charge >= 0.3 is 0 Å². The SMILES string of the molecule is Cc1nc2nc([C@@H]3CCO[C@@H](c4cnn(C5CC5)c4)C3)nc(-c3ccc(F)cc3F)c2o1. The second kappa shape index (κ2) is 7.44. The molecule has 1 aromatic carbocycles. The van der Waals surface area contributed by atoms with E-state index in [1.807, 2.05) is 10.9 Å². The predicted octanol–water partition coefficient (Wildman–Crippen LogP) is 5.04. The van der Waals surface area contributed by atoms with E-state index in [0.29, 0.717) is 42.0 Å². The second-order valence-electron chi connectivity index (χ2n) is 8.51. The zero-order valence-corrected chi connectivity index (χ0v) is 17.5. The molecule has 1 aliphatic heterocycles. The summed E-state index contributed by atoms with van der Waals surface area (Å²) >= 11 is 0. The lowest BCUT2D eigenvalue weighted by Crippen LogP contribution is -2.20. The van der Waals surface area contributed by atoms with Gasteiger partial charge in [0.25, 0.3) is 0 Å². The molecule has 0 radical (unpaired) electrons. The van der Waals surface area contributed by atoms with Crippen LogP contribution in [0.1, 0.15) is 61.0 Å². The van der Waals surface area contributed by atoms with Crippen LogP contribution < -0.4 is 0 Å². The minimum Gasteiger partial charge on any atom is -0.437 e. The van der Waals surface area contributed by atoms with E-state index >= 15 is 0 Å². The third-order valence-electron chi connectivity index (χ3n) is 6.13. The zero-order chi connectivity index (χ0) is 21.8. The van der Waals surface area contributed by atoms with E-state index < -0.39 is 11.6 Å². The number of fused-ring (bicyclic) bond motifs is 1. The fourth-order valence-corrected chi connectivity index (χ4v) is 4.31. The first kappa shape index (κ1) is 19.5. The van der Waals surface area contributed by atoms with E-state index in [-0.39, 0.29) is 23.3 Å². The molecule has 2 aliphatic rings. The molecule has 0 N–H and O–H groups in total. The molecular weight excluding hydrogens is 416 g/mol. The largest absolute Gasteiger partial charge is 0.437 e. The number of rotatable bonds is 4. The van der Waals surface area contributed by atoms with Gasteiger partial charge in [-0.25, -0.2) is 18.7 Å². The van der Waals surface area contributed by atoms with Crippen LogP contribution >= 0.6 is 0 Å². The Morgan fingerprint density at radius 1 is 1.09 bits per heavy atom. The molecule has 0 amide bonds. The third-order valence-corrected chi connectivity index (χ3v) is 6.13. The first-order valence-corrected chi connectivity index (χ1v) is 10.8. The molecule has 4 heterocycles. The van der Waals surface area contributed by atoms with Crippen LogP contribution in [-0.4, -0.2) is 31.3 Å². The van der Waals surface area contributed by atoms with Crippen molar-refractivity contribution >= 4 is 11.2 Å². The van der Waals surface area contributed by atoms with Gasteiger partial charge in [0.15, 0.2) is 11.5 Å². The highest BCUT2D eigenvalue weighted by Crippen LogP contribution is 2.40. The van der Waals surface area contributed by atoms with Gasteiger partial charge < -0.3 is 9.15 Å². The highest BCUT2D eigenvalue weighted by atomic mass is 19.1. The summed E-state index contributed by atoms with van der Waals surface area (Å²) in [4.78, 5) is 13.7. The Hall–Kier alpha value is -3.20. The van der Waals surface area contributed by atoms with E-state index in [2.05, 4.69) is 26.2 Å². The molecule has 0 unspecified atom stereocenters. The van der Waals surface area contributed by atoms with Crippen LogP contribution in [0.15, 0.2) is 35.0 Å². The van der Waals surface area contributed by atoms with Crippen molar-refractivity contribution in [3.05, 3.63) is 59.5 Å². The smallest absolute Gasteiger partial charge is 0.202 e. The van der Waals surface area contributed by atoms with Crippen LogP contribution in [0.4, 0.5) is 8.78 Å². The third kappa shape index (κ3) is 3.46. The lowest BCUT2D eigenvalue weighted by molar-refractivity contribution is 0.00396. The van der Waals surface area contributed by atoms with E-state index in [9.17, 15) is 8.78 Å². The first-order valence-electron chi connectivity index (χ1n) is 10.8. The normalized spacial score (nSPS) is 21.3. The van der Waals surface area contributed by atoms with Gasteiger partial charge in [0.2, 0.25) is 5.65 Å². The molecule has 4 aromatic rings. The van der Waals surface area contributed by atoms with Crippen molar-refractivity contribution in [2.24, 2.45) is 0 Å². The molecule has 0 spiro atoms. The Kier molecular flexibility index (Phi) is 4.53. The van der Waals surface area contributed by atoms with Crippen molar-refractivity contribution in [3.63, 3.8) is 0 Å². The van der Waals surface area contributed by atoms with Crippen molar-refractivity contribution in [1.29, 1.82) is 0 Å². The van der Waals surface area contributed by atoms with Crippen LogP contribution in [0.5, 0.6) is 0 Å². The van der Waals surface area contributed by atoms with Crippen LogP contribution in [0.2, 0.25) is 0 Å². The van der Waals surface area contributed by atoms with E-state index in [4.69, 9.17) is 9.15 Å². The summed E-state index contributed by atoms with van der Waals surface area (Å²) in [6.45, 7) is 2.26. The van der Waals surface area contributed by atoms with Crippen molar-refractivity contribution in [3.8, 4) is 11.3 Å². The topological polar surface area (TPSA) is 78.9 Å². The Morgan fingerprint density at radius 3 is 2.78 bits per heavy atom. The van der Waals surface area contributed by atoms with Crippen LogP contribution in [0.3, 0.4) is 0 Å². The van der Waals surface area contributed by atoms with Gasteiger partial charge in [-0.05, 0) is 37.8 Å². The Morgan fingerprint density at radius 2 is 1.97 bits per heavy atom. The number of nitrogens with zero attached hydrogens (tertiary/aromatic N) is 5. The minimum atomic E-state index is -0.706. The molecule has 32 heavy (non-hydrogen) atoms.